The first-order valence-electron chi connectivity index (χ1n) is 5.57. The topological polar surface area (TPSA) is 38.7 Å². The molecule has 0 aliphatic heterocycles. The van der Waals surface area contributed by atoms with Gasteiger partial charge in [0.15, 0.2) is 8.32 Å². The minimum Gasteiger partial charge on any atom is -0.414 e. The van der Waals surface area contributed by atoms with Gasteiger partial charge in [-0.2, -0.15) is 0 Å². The van der Waals surface area contributed by atoms with E-state index in [0.29, 0.717) is 13.2 Å². The van der Waals surface area contributed by atoms with Gasteiger partial charge in [-0.1, -0.05) is 20.8 Å². The van der Waals surface area contributed by atoms with Gasteiger partial charge in [-0.05, 0) is 25.1 Å². The van der Waals surface area contributed by atoms with Gasteiger partial charge in [0.1, 0.15) is 0 Å². The van der Waals surface area contributed by atoms with E-state index in [1.165, 1.54) is 0 Å². The van der Waals surface area contributed by atoms with Crippen LogP contribution in [0.3, 0.4) is 0 Å². The van der Waals surface area contributed by atoms with E-state index in [1.54, 1.807) is 0 Å². The molecular weight excluding hydrogens is 208 g/mol. The third-order valence-electron chi connectivity index (χ3n) is 2.98. The van der Waals surface area contributed by atoms with Gasteiger partial charge in [0, 0.05) is 0 Å². The predicted octanol–water partition coefficient (Wildman–Crippen LogP) is 2.41. The summed E-state index contributed by atoms with van der Waals surface area (Å²) in [6.45, 7) is 14.2. The van der Waals surface area contributed by atoms with Crippen LogP contribution in [0.2, 0.25) is 18.1 Å². The SMILES string of the molecule is CC(CO[Si](C)(C)C(C)(C)C)OCCO. The lowest BCUT2D eigenvalue weighted by Crippen LogP contribution is -2.42. The molecule has 0 saturated heterocycles. The smallest absolute Gasteiger partial charge is 0.192 e. The number of aliphatic hydroxyl groups is 1. The molecule has 0 aromatic heterocycles. The highest BCUT2D eigenvalue weighted by atomic mass is 28.4. The van der Waals surface area contributed by atoms with Gasteiger partial charge in [0.2, 0.25) is 0 Å². The summed E-state index contributed by atoms with van der Waals surface area (Å²) in [5, 5.41) is 8.86. The molecule has 4 heteroatoms. The normalized spacial score (nSPS) is 15.4. The third-order valence-corrected chi connectivity index (χ3v) is 7.48. The molecule has 0 aliphatic carbocycles. The van der Waals surface area contributed by atoms with E-state index in [1.807, 2.05) is 6.92 Å². The van der Waals surface area contributed by atoms with Crippen LogP contribution in [-0.2, 0) is 9.16 Å². The highest BCUT2D eigenvalue weighted by Crippen LogP contribution is 2.36. The largest absolute Gasteiger partial charge is 0.414 e. The van der Waals surface area contributed by atoms with Crippen molar-refractivity contribution >= 4 is 8.32 Å². The maximum atomic E-state index is 8.62. The molecule has 3 nitrogen and oxygen atoms in total. The molecule has 0 saturated carbocycles. The van der Waals surface area contributed by atoms with Crippen molar-refractivity contribution in [1.82, 2.24) is 0 Å². The van der Waals surface area contributed by atoms with Gasteiger partial charge < -0.3 is 14.3 Å². The van der Waals surface area contributed by atoms with Crippen molar-refractivity contribution in [3.63, 3.8) is 0 Å². The predicted molar refractivity (Wildman–Crippen MR) is 65.6 cm³/mol. The molecule has 0 spiro atoms. The van der Waals surface area contributed by atoms with Crippen LogP contribution in [0.1, 0.15) is 27.7 Å². The molecule has 1 N–H and O–H groups in total. The molecule has 1 unspecified atom stereocenters. The molecule has 0 aromatic rings. The summed E-state index contributed by atoms with van der Waals surface area (Å²) in [5.74, 6) is 0. The first-order chi connectivity index (χ1) is 6.70. The Morgan fingerprint density at radius 1 is 1.27 bits per heavy atom. The van der Waals surface area contributed by atoms with Crippen molar-refractivity contribution in [1.29, 1.82) is 0 Å². The number of hydrogen-bond acceptors (Lipinski definition) is 3. The summed E-state index contributed by atoms with van der Waals surface area (Å²) in [7, 11) is -1.65. The Kier molecular flexibility index (Phi) is 6.03. The maximum absolute atomic E-state index is 8.62. The summed E-state index contributed by atoms with van der Waals surface area (Å²) < 4.78 is 11.3. The summed E-state index contributed by atoms with van der Waals surface area (Å²) in [4.78, 5) is 0. The number of rotatable bonds is 6. The molecule has 0 aromatic carbocycles. The molecule has 0 fully saturated rings. The van der Waals surface area contributed by atoms with Crippen LogP contribution in [0, 0.1) is 0 Å². The van der Waals surface area contributed by atoms with Crippen LogP contribution >= 0.6 is 0 Å². The van der Waals surface area contributed by atoms with Crippen LogP contribution in [0.5, 0.6) is 0 Å². The van der Waals surface area contributed by atoms with E-state index < -0.39 is 8.32 Å². The van der Waals surface area contributed by atoms with Gasteiger partial charge >= 0.3 is 0 Å². The second kappa shape index (κ2) is 5.99. The zero-order chi connectivity index (χ0) is 12.1. The first-order valence-corrected chi connectivity index (χ1v) is 8.48. The third kappa shape index (κ3) is 5.66. The van der Waals surface area contributed by atoms with E-state index in [-0.39, 0.29) is 17.7 Å². The highest BCUT2D eigenvalue weighted by molar-refractivity contribution is 6.74. The van der Waals surface area contributed by atoms with E-state index in [4.69, 9.17) is 14.3 Å². The quantitative estimate of drug-likeness (QED) is 0.717. The van der Waals surface area contributed by atoms with Gasteiger partial charge in [-0.15, -0.1) is 0 Å². The van der Waals surface area contributed by atoms with Crippen molar-refractivity contribution in [3.8, 4) is 0 Å². The van der Waals surface area contributed by atoms with Gasteiger partial charge in [0.25, 0.3) is 0 Å². The van der Waals surface area contributed by atoms with E-state index in [0.717, 1.165) is 0 Å². The standard InChI is InChI=1S/C11H26O3Si/c1-10(13-8-7-12)9-14-15(5,6)11(2,3)4/h10,12H,7-9H2,1-6H3. The van der Waals surface area contributed by atoms with Crippen molar-refractivity contribution in [2.24, 2.45) is 0 Å². The van der Waals surface area contributed by atoms with E-state index in [9.17, 15) is 0 Å². The number of hydrogen-bond donors (Lipinski definition) is 1. The van der Waals surface area contributed by atoms with Crippen LogP contribution in [-0.4, -0.2) is 39.3 Å². The Hall–Kier alpha value is 0.0969. The Balaban J connectivity index is 3.93. The Labute approximate surface area is 94.9 Å². The first kappa shape index (κ1) is 15.1. The molecular formula is C11H26O3Si. The van der Waals surface area contributed by atoms with Gasteiger partial charge in [-0.3, -0.25) is 0 Å². The molecule has 0 aliphatic rings. The molecule has 0 rings (SSSR count). The molecule has 0 amide bonds. The highest BCUT2D eigenvalue weighted by Gasteiger charge is 2.37. The lowest BCUT2D eigenvalue weighted by molar-refractivity contribution is 0.0102. The van der Waals surface area contributed by atoms with E-state index in [2.05, 4.69) is 33.9 Å². The molecule has 0 heterocycles. The van der Waals surface area contributed by atoms with Crippen molar-refractivity contribution < 1.29 is 14.3 Å². The van der Waals surface area contributed by atoms with Crippen LogP contribution in [0.15, 0.2) is 0 Å². The molecule has 15 heavy (non-hydrogen) atoms. The zero-order valence-corrected chi connectivity index (χ0v) is 12.0. The Bertz CT molecular complexity index is 175. The average Bonchev–Trinajstić information content (AvgIpc) is 2.09. The minimum atomic E-state index is -1.65. The summed E-state index contributed by atoms with van der Waals surface area (Å²) in [6, 6.07) is 0. The summed E-state index contributed by atoms with van der Waals surface area (Å²) in [5.41, 5.74) is 0. The number of ether oxygens (including phenoxy) is 1. The fraction of sp³-hybridized carbons (Fsp3) is 1.00. The van der Waals surface area contributed by atoms with Gasteiger partial charge in [-0.25, -0.2) is 0 Å². The minimum absolute atomic E-state index is 0.0614. The number of aliphatic hydroxyl groups excluding tert-OH is 1. The second-order valence-corrected chi connectivity index (χ2v) is 10.3. The monoisotopic (exact) mass is 234 g/mol. The average molecular weight is 234 g/mol. The Morgan fingerprint density at radius 2 is 1.80 bits per heavy atom. The fourth-order valence-corrected chi connectivity index (χ4v) is 1.93. The molecule has 92 valence electrons. The van der Waals surface area contributed by atoms with Gasteiger partial charge in [0.05, 0.1) is 25.9 Å². The summed E-state index contributed by atoms with van der Waals surface area (Å²) >= 11 is 0. The lowest BCUT2D eigenvalue weighted by Gasteiger charge is -2.36. The van der Waals surface area contributed by atoms with Crippen LogP contribution < -0.4 is 0 Å². The van der Waals surface area contributed by atoms with Crippen molar-refractivity contribution in [2.75, 3.05) is 19.8 Å². The summed E-state index contributed by atoms with van der Waals surface area (Å²) in [6.07, 6.45) is 0.0614. The molecule has 0 bridgehead atoms. The molecule has 0 radical (unpaired) electrons. The van der Waals surface area contributed by atoms with Crippen molar-refractivity contribution in [3.05, 3.63) is 0 Å². The van der Waals surface area contributed by atoms with E-state index >= 15 is 0 Å². The Morgan fingerprint density at radius 3 is 2.20 bits per heavy atom. The molecule has 1 atom stereocenters. The maximum Gasteiger partial charge on any atom is 0.192 e. The van der Waals surface area contributed by atoms with Crippen LogP contribution in [0.25, 0.3) is 0 Å². The van der Waals surface area contributed by atoms with Crippen molar-refractivity contribution in [2.45, 2.75) is 51.9 Å². The fourth-order valence-electron chi connectivity index (χ4n) is 0.844. The second-order valence-electron chi connectivity index (χ2n) is 5.48. The lowest BCUT2D eigenvalue weighted by atomic mass is 10.2. The van der Waals surface area contributed by atoms with Crippen LogP contribution in [0.4, 0.5) is 0 Å². The zero-order valence-electron chi connectivity index (χ0n) is 11.0.